The van der Waals surface area contributed by atoms with Gasteiger partial charge in [-0.1, -0.05) is 26.0 Å². The van der Waals surface area contributed by atoms with E-state index >= 15 is 0 Å². The average molecular weight is 314 g/mol. The molecule has 5 heteroatoms. The molecule has 1 heterocycles. The van der Waals surface area contributed by atoms with Gasteiger partial charge in [-0.25, -0.2) is 5.43 Å². The number of furan rings is 1. The van der Waals surface area contributed by atoms with Crippen molar-refractivity contribution < 1.29 is 13.9 Å². The Labute approximate surface area is 136 Å². The number of hydrogen-bond acceptors (Lipinski definition) is 4. The summed E-state index contributed by atoms with van der Waals surface area (Å²) in [5.41, 5.74) is 4.59. The predicted molar refractivity (Wildman–Crippen MR) is 89.9 cm³/mol. The largest absolute Gasteiger partial charge is 0.483 e. The number of carbonyl (C=O) groups is 1. The second kappa shape index (κ2) is 7.63. The normalized spacial score (nSPS) is 11.2. The fourth-order valence-corrected chi connectivity index (χ4v) is 2.11. The van der Waals surface area contributed by atoms with Gasteiger partial charge in [0.15, 0.2) is 6.61 Å². The van der Waals surface area contributed by atoms with E-state index < -0.39 is 0 Å². The minimum Gasteiger partial charge on any atom is -0.483 e. The van der Waals surface area contributed by atoms with Crippen LogP contribution in [0.15, 0.2) is 39.9 Å². The van der Waals surface area contributed by atoms with E-state index in [4.69, 9.17) is 9.15 Å². The number of ether oxygens (including phenoxy) is 1. The highest BCUT2D eigenvalue weighted by Crippen LogP contribution is 2.27. The van der Waals surface area contributed by atoms with E-state index in [0.717, 1.165) is 22.6 Å². The van der Waals surface area contributed by atoms with Gasteiger partial charge in [-0.05, 0) is 49.1 Å². The molecule has 23 heavy (non-hydrogen) atoms. The molecule has 0 spiro atoms. The number of rotatable bonds is 6. The van der Waals surface area contributed by atoms with E-state index in [-0.39, 0.29) is 12.5 Å². The number of aryl methyl sites for hydroxylation is 2. The highest BCUT2D eigenvalue weighted by Gasteiger charge is 2.10. The van der Waals surface area contributed by atoms with Crippen LogP contribution in [-0.2, 0) is 4.79 Å². The summed E-state index contributed by atoms with van der Waals surface area (Å²) in [6, 6.07) is 9.63. The van der Waals surface area contributed by atoms with Gasteiger partial charge in [0.1, 0.15) is 17.3 Å². The van der Waals surface area contributed by atoms with Crippen LogP contribution in [0.1, 0.15) is 42.4 Å². The molecule has 5 nitrogen and oxygen atoms in total. The molecule has 0 bridgehead atoms. The van der Waals surface area contributed by atoms with Crippen molar-refractivity contribution in [2.75, 3.05) is 6.61 Å². The zero-order chi connectivity index (χ0) is 16.8. The maximum Gasteiger partial charge on any atom is 0.277 e. The van der Waals surface area contributed by atoms with Crippen LogP contribution in [0.5, 0.6) is 5.75 Å². The van der Waals surface area contributed by atoms with Crippen molar-refractivity contribution in [1.29, 1.82) is 0 Å². The summed E-state index contributed by atoms with van der Waals surface area (Å²) in [5, 5.41) is 3.84. The van der Waals surface area contributed by atoms with Gasteiger partial charge < -0.3 is 9.15 Å². The molecule has 0 aliphatic rings. The SMILES string of the molecule is Cc1ccc(C(C)C)c(OCC(=O)N/N=C/c2ccc(C)o2)c1. The van der Waals surface area contributed by atoms with Crippen LogP contribution in [0.25, 0.3) is 0 Å². The summed E-state index contributed by atoms with van der Waals surface area (Å²) in [7, 11) is 0. The Hall–Kier alpha value is -2.56. The topological polar surface area (TPSA) is 63.8 Å². The van der Waals surface area contributed by atoms with Gasteiger partial charge in [0.2, 0.25) is 0 Å². The molecule has 122 valence electrons. The van der Waals surface area contributed by atoms with Crippen molar-refractivity contribution in [3.05, 3.63) is 53.0 Å². The first-order valence-corrected chi connectivity index (χ1v) is 7.57. The molecule has 0 atom stereocenters. The molecule has 1 N–H and O–H groups in total. The van der Waals surface area contributed by atoms with E-state index in [1.807, 2.05) is 38.1 Å². The smallest absolute Gasteiger partial charge is 0.277 e. The zero-order valence-electron chi connectivity index (χ0n) is 13.9. The van der Waals surface area contributed by atoms with Crippen molar-refractivity contribution in [2.24, 2.45) is 5.10 Å². The zero-order valence-corrected chi connectivity index (χ0v) is 13.9. The van der Waals surface area contributed by atoms with E-state index in [2.05, 4.69) is 24.4 Å². The van der Waals surface area contributed by atoms with E-state index in [9.17, 15) is 4.79 Å². The first-order valence-electron chi connectivity index (χ1n) is 7.57. The molecule has 1 aromatic heterocycles. The quantitative estimate of drug-likeness (QED) is 0.655. The van der Waals surface area contributed by atoms with E-state index in [1.165, 1.54) is 6.21 Å². The fraction of sp³-hybridized carbons (Fsp3) is 0.333. The van der Waals surface area contributed by atoms with Crippen LogP contribution in [-0.4, -0.2) is 18.7 Å². The molecule has 2 rings (SSSR count). The van der Waals surface area contributed by atoms with Crippen LogP contribution in [0, 0.1) is 13.8 Å². The van der Waals surface area contributed by atoms with Crippen LogP contribution in [0.2, 0.25) is 0 Å². The predicted octanol–water partition coefficient (Wildman–Crippen LogP) is 3.55. The Morgan fingerprint density at radius 2 is 2.09 bits per heavy atom. The van der Waals surface area contributed by atoms with Crippen molar-refractivity contribution in [1.82, 2.24) is 5.43 Å². The monoisotopic (exact) mass is 314 g/mol. The van der Waals surface area contributed by atoms with Gasteiger partial charge in [-0.2, -0.15) is 5.10 Å². The molecule has 0 aliphatic heterocycles. The lowest BCUT2D eigenvalue weighted by Gasteiger charge is -2.14. The first kappa shape index (κ1) is 16.8. The molecule has 0 saturated carbocycles. The molecular weight excluding hydrogens is 292 g/mol. The van der Waals surface area contributed by atoms with Crippen molar-refractivity contribution in [3.63, 3.8) is 0 Å². The van der Waals surface area contributed by atoms with Gasteiger partial charge in [0, 0.05) is 0 Å². The van der Waals surface area contributed by atoms with Gasteiger partial charge >= 0.3 is 0 Å². The molecule has 0 fully saturated rings. The Kier molecular flexibility index (Phi) is 5.57. The third-order valence-electron chi connectivity index (χ3n) is 3.29. The van der Waals surface area contributed by atoms with E-state index in [1.54, 1.807) is 6.07 Å². The number of amides is 1. The summed E-state index contributed by atoms with van der Waals surface area (Å²) >= 11 is 0. The van der Waals surface area contributed by atoms with Gasteiger partial charge in [0.05, 0.1) is 6.21 Å². The van der Waals surface area contributed by atoms with Crippen LogP contribution >= 0.6 is 0 Å². The lowest BCUT2D eigenvalue weighted by Crippen LogP contribution is -2.24. The van der Waals surface area contributed by atoms with Gasteiger partial charge in [0.25, 0.3) is 5.91 Å². The van der Waals surface area contributed by atoms with Crippen molar-refractivity contribution in [2.45, 2.75) is 33.6 Å². The third kappa shape index (κ3) is 4.98. The minimum atomic E-state index is -0.319. The van der Waals surface area contributed by atoms with Gasteiger partial charge in [-0.3, -0.25) is 4.79 Å². The molecular formula is C18H22N2O3. The summed E-state index contributed by atoms with van der Waals surface area (Å²) in [4.78, 5) is 11.8. The highest BCUT2D eigenvalue weighted by molar-refractivity contribution is 5.81. The number of carbonyl (C=O) groups excluding carboxylic acids is 1. The lowest BCUT2D eigenvalue weighted by molar-refractivity contribution is -0.123. The lowest BCUT2D eigenvalue weighted by atomic mass is 10.0. The third-order valence-corrected chi connectivity index (χ3v) is 3.29. The number of hydrogen-bond donors (Lipinski definition) is 1. The molecule has 2 aromatic rings. The van der Waals surface area contributed by atoms with Crippen LogP contribution in [0.4, 0.5) is 0 Å². The first-order chi connectivity index (χ1) is 11.0. The van der Waals surface area contributed by atoms with Crippen molar-refractivity contribution in [3.8, 4) is 5.75 Å². The maximum absolute atomic E-state index is 11.8. The van der Waals surface area contributed by atoms with Crippen LogP contribution < -0.4 is 10.2 Å². The second-order valence-corrected chi connectivity index (χ2v) is 5.73. The molecule has 0 saturated heterocycles. The second-order valence-electron chi connectivity index (χ2n) is 5.73. The minimum absolute atomic E-state index is 0.0856. The van der Waals surface area contributed by atoms with Crippen LogP contribution in [0.3, 0.4) is 0 Å². The molecule has 1 amide bonds. The van der Waals surface area contributed by atoms with E-state index in [0.29, 0.717) is 11.7 Å². The summed E-state index contributed by atoms with van der Waals surface area (Å²) < 4.78 is 11.0. The summed E-state index contributed by atoms with van der Waals surface area (Å²) in [5.74, 6) is 2.13. The molecule has 0 aliphatic carbocycles. The number of nitrogens with zero attached hydrogens (tertiary/aromatic N) is 1. The Balaban J connectivity index is 1.89. The Bertz CT molecular complexity index is 702. The highest BCUT2D eigenvalue weighted by atomic mass is 16.5. The number of benzene rings is 1. The number of nitrogens with one attached hydrogen (secondary N) is 1. The standard InChI is InChI=1S/C18H22N2O3/c1-12(2)16-8-5-13(3)9-17(16)22-11-18(21)20-19-10-15-7-6-14(4)23-15/h5-10,12H,11H2,1-4H3,(H,20,21)/b19-10+. The number of hydrazone groups is 1. The molecule has 1 aromatic carbocycles. The Morgan fingerprint density at radius 3 is 2.74 bits per heavy atom. The molecule has 0 radical (unpaired) electrons. The Morgan fingerprint density at radius 1 is 1.30 bits per heavy atom. The average Bonchev–Trinajstić information content (AvgIpc) is 2.90. The summed E-state index contributed by atoms with van der Waals surface area (Å²) in [6.07, 6.45) is 1.46. The van der Waals surface area contributed by atoms with Crippen molar-refractivity contribution >= 4 is 12.1 Å². The maximum atomic E-state index is 11.8. The van der Waals surface area contributed by atoms with Gasteiger partial charge in [-0.15, -0.1) is 0 Å². The molecule has 0 unspecified atom stereocenters. The summed E-state index contributed by atoms with van der Waals surface area (Å²) in [6.45, 7) is 7.93. The fourth-order valence-electron chi connectivity index (χ4n) is 2.11.